The molecule has 22 heavy (non-hydrogen) atoms. The Balaban J connectivity index is 2.30. The Hall–Kier alpha value is -1.45. The minimum absolute atomic E-state index is 0.109. The van der Waals surface area contributed by atoms with Crippen molar-refractivity contribution in [3.8, 4) is 0 Å². The summed E-state index contributed by atoms with van der Waals surface area (Å²) in [4.78, 5) is 13.8. The van der Waals surface area contributed by atoms with E-state index in [-0.39, 0.29) is 16.4 Å². The van der Waals surface area contributed by atoms with E-state index in [2.05, 4.69) is 12.1 Å². The zero-order chi connectivity index (χ0) is 16.1. The summed E-state index contributed by atoms with van der Waals surface area (Å²) in [6.45, 7) is 1.96. The lowest BCUT2D eigenvalue weighted by Crippen LogP contribution is -2.30. The zero-order valence-electron chi connectivity index (χ0n) is 13.0. The molecule has 4 heteroatoms. The lowest BCUT2D eigenvalue weighted by molar-refractivity contribution is -0.127. The molecule has 0 N–H and O–H groups in total. The van der Waals surface area contributed by atoms with Gasteiger partial charge >= 0.3 is 0 Å². The quantitative estimate of drug-likeness (QED) is 0.794. The predicted molar refractivity (Wildman–Crippen MR) is 95.5 cm³/mol. The van der Waals surface area contributed by atoms with Crippen LogP contribution in [0.25, 0.3) is 0 Å². The van der Waals surface area contributed by atoms with Gasteiger partial charge in [-0.3, -0.25) is 4.79 Å². The molecule has 0 saturated carbocycles. The first-order valence-corrected chi connectivity index (χ1v) is 8.48. The van der Waals surface area contributed by atoms with Crippen molar-refractivity contribution in [2.75, 3.05) is 14.1 Å². The summed E-state index contributed by atoms with van der Waals surface area (Å²) in [5.41, 5.74) is 2.34. The normalized spacial score (nSPS) is 13.5. The van der Waals surface area contributed by atoms with E-state index in [0.29, 0.717) is 0 Å². The summed E-state index contributed by atoms with van der Waals surface area (Å²) in [7, 11) is 3.58. The summed E-state index contributed by atoms with van der Waals surface area (Å²) in [5.74, 6) is 0.125. The maximum Gasteiger partial charge on any atom is 0.234 e. The number of carbonyl (C=O) groups is 1. The molecule has 2 rings (SSSR count). The third kappa shape index (κ3) is 4.28. The fraction of sp³-hybridized carbons (Fsp3) is 0.278. The second-order valence-electron chi connectivity index (χ2n) is 5.35. The molecule has 0 aliphatic carbocycles. The Kier molecular flexibility index (Phi) is 5.92. The van der Waals surface area contributed by atoms with Crippen molar-refractivity contribution >= 4 is 29.3 Å². The largest absolute Gasteiger partial charge is 0.348 e. The molecule has 0 aromatic heterocycles. The fourth-order valence-corrected chi connectivity index (χ4v) is 3.73. The molecule has 2 unspecified atom stereocenters. The summed E-state index contributed by atoms with van der Waals surface area (Å²) in [6.07, 6.45) is 0. The van der Waals surface area contributed by atoms with Gasteiger partial charge in [-0.2, -0.15) is 0 Å². The Morgan fingerprint density at radius 3 is 2.09 bits per heavy atom. The Labute approximate surface area is 141 Å². The first-order valence-electron chi connectivity index (χ1n) is 7.16. The second kappa shape index (κ2) is 7.70. The molecule has 0 aliphatic heterocycles. The first-order chi connectivity index (χ1) is 10.5. The number of thioether (sulfide) groups is 1. The molecule has 2 aromatic carbocycles. The summed E-state index contributed by atoms with van der Waals surface area (Å²) < 4.78 is 0. The van der Waals surface area contributed by atoms with Crippen molar-refractivity contribution in [2.45, 2.75) is 17.4 Å². The van der Waals surface area contributed by atoms with E-state index in [0.717, 1.165) is 10.6 Å². The number of carbonyl (C=O) groups excluding carboxylic acids is 1. The summed E-state index contributed by atoms with van der Waals surface area (Å²) >= 11 is 7.65. The van der Waals surface area contributed by atoms with Gasteiger partial charge in [0.15, 0.2) is 0 Å². The van der Waals surface area contributed by atoms with Crippen molar-refractivity contribution in [3.63, 3.8) is 0 Å². The molecule has 0 aliphatic rings. The third-order valence-corrected chi connectivity index (χ3v) is 5.08. The van der Waals surface area contributed by atoms with Crippen LogP contribution < -0.4 is 0 Å². The highest BCUT2D eigenvalue weighted by Gasteiger charge is 2.23. The average molecular weight is 334 g/mol. The fourth-order valence-electron chi connectivity index (χ4n) is 2.24. The number of hydrogen-bond acceptors (Lipinski definition) is 2. The minimum Gasteiger partial charge on any atom is -0.348 e. The van der Waals surface area contributed by atoms with Gasteiger partial charge in [-0.05, 0) is 30.2 Å². The number of hydrogen-bond donors (Lipinski definition) is 0. The Morgan fingerprint density at radius 2 is 1.55 bits per heavy atom. The van der Waals surface area contributed by atoms with Crippen molar-refractivity contribution in [1.29, 1.82) is 0 Å². The molecule has 0 heterocycles. The average Bonchev–Trinajstić information content (AvgIpc) is 2.53. The highest BCUT2D eigenvalue weighted by molar-refractivity contribution is 8.01. The summed E-state index contributed by atoms with van der Waals surface area (Å²) in [5, 5.41) is 0.714. The Morgan fingerprint density at radius 1 is 1.00 bits per heavy atom. The number of amides is 1. The van der Waals surface area contributed by atoms with Gasteiger partial charge < -0.3 is 4.90 Å². The van der Waals surface area contributed by atoms with E-state index in [1.54, 1.807) is 30.8 Å². The SMILES string of the molecule is CC(SC(c1ccccc1)c1ccc(Cl)cc1)C(=O)N(C)C. The van der Waals surface area contributed by atoms with E-state index < -0.39 is 0 Å². The Bertz CT molecular complexity index is 613. The third-order valence-electron chi connectivity index (χ3n) is 3.40. The molecule has 0 radical (unpaired) electrons. The van der Waals surface area contributed by atoms with Crippen LogP contribution >= 0.6 is 23.4 Å². The van der Waals surface area contributed by atoms with Crippen LogP contribution in [-0.2, 0) is 4.79 Å². The van der Waals surface area contributed by atoms with Crippen LogP contribution in [0.3, 0.4) is 0 Å². The molecule has 0 saturated heterocycles. The number of rotatable bonds is 5. The molecule has 0 bridgehead atoms. The second-order valence-corrected chi connectivity index (χ2v) is 7.24. The molecule has 2 aromatic rings. The van der Waals surface area contributed by atoms with Crippen LogP contribution in [0.5, 0.6) is 0 Å². The van der Waals surface area contributed by atoms with Crippen molar-refractivity contribution < 1.29 is 4.79 Å². The first kappa shape index (κ1) is 16.9. The molecule has 0 fully saturated rings. The maximum absolute atomic E-state index is 12.2. The van der Waals surface area contributed by atoms with E-state index in [1.165, 1.54) is 5.56 Å². The van der Waals surface area contributed by atoms with Gasteiger partial charge in [0.2, 0.25) is 5.91 Å². The van der Waals surface area contributed by atoms with Gasteiger partial charge in [0.25, 0.3) is 0 Å². The van der Waals surface area contributed by atoms with Crippen molar-refractivity contribution in [1.82, 2.24) is 4.90 Å². The van der Waals surface area contributed by atoms with Crippen molar-refractivity contribution in [3.05, 3.63) is 70.7 Å². The molecule has 1 amide bonds. The van der Waals surface area contributed by atoms with Crippen LogP contribution in [-0.4, -0.2) is 30.2 Å². The van der Waals surface area contributed by atoms with Gasteiger partial charge in [0, 0.05) is 19.1 Å². The van der Waals surface area contributed by atoms with Gasteiger partial charge in [-0.1, -0.05) is 54.1 Å². The van der Waals surface area contributed by atoms with Crippen molar-refractivity contribution in [2.24, 2.45) is 0 Å². The molecule has 116 valence electrons. The maximum atomic E-state index is 12.2. The highest BCUT2D eigenvalue weighted by Crippen LogP contribution is 2.38. The van der Waals surface area contributed by atoms with Gasteiger partial charge in [-0.25, -0.2) is 0 Å². The smallest absolute Gasteiger partial charge is 0.234 e. The molecular formula is C18H20ClNOS. The number of benzene rings is 2. The topological polar surface area (TPSA) is 20.3 Å². The van der Waals surface area contributed by atoms with Crippen LogP contribution in [0.15, 0.2) is 54.6 Å². The minimum atomic E-state index is -0.115. The van der Waals surface area contributed by atoms with E-state index in [4.69, 9.17) is 11.6 Å². The van der Waals surface area contributed by atoms with Crippen LogP contribution in [0.1, 0.15) is 23.3 Å². The zero-order valence-corrected chi connectivity index (χ0v) is 14.6. The number of halogens is 1. The van der Waals surface area contributed by atoms with Crippen LogP contribution in [0.4, 0.5) is 0 Å². The van der Waals surface area contributed by atoms with E-state index in [1.807, 2.05) is 49.4 Å². The molecular weight excluding hydrogens is 314 g/mol. The molecule has 2 atom stereocenters. The highest BCUT2D eigenvalue weighted by atomic mass is 35.5. The summed E-state index contributed by atoms with van der Waals surface area (Å²) in [6, 6.07) is 18.1. The van der Waals surface area contributed by atoms with Gasteiger partial charge in [-0.15, -0.1) is 11.8 Å². The van der Waals surface area contributed by atoms with Crippen LogP contribution in [0, 0.1) is 0 Å². The number of nitrogens with zero attached hydrogens (tertiary/aromatic N) is 1. The van der Waals surface area contributed by atoms with Gasteiger partial charge in [0.1, 0.15) is 0 Å². The van der Waals surface area contributed by atoms with E-state index in [9.17, 15) is 4.79 Å². The van der Waals surface area contributed by atoms with Crippen LogP contribution in [0.2, 0.25) is 5.02 Å². The molecule has 0 spiro atoms. The van der Waals surface area contributed by atoms with Gasteiger partial charge in [0.05, 0.1) is 10.5 Å². The van der Waals surface area contributed by atoms with E-state index >= 15 is 0 Å². The molecule has 2 nitrogen and oxygen atoms in total. The lowest BCUT2D eigenvalue weighted by atomic mass is 10.0. The monoisotopic (exact) mass is 333 g/mol. The lowest BCUT2D eigenvalue weighted by Gasteiger charge is -2.23. The predicted octanol–water partition coefficient (Wildman–Crippen LogP) is 4.64. The standard InChI is InChI=1S/C18H20ClNOS/c1-13(18(21)20(2)3)22-17(14-7-5-4-6-8-14)15-9-11-16(19)12-10-15/h4-13,17H,1-3H3.